The van der Waals surface area contributed by atoms with Crippen molar-refractivity contribution >= 4 is 18.2 Å². The molecule has 0 amide bonds. The number of piperidine rings is 1. The largest absolute Gasteiger partial charge is 0.373 e. The fraction of sp³-hybridized carbons (Fsp3) is 0.615. The highest BCUT2D eigenvalue weighted by molar-refractivity contribution is 5.95. The lowest BCUT2D eigenvalue weighted by atomic mass is 9.97. The topological polar surface area (TPSA) is 54.1 Å². The minimum atomic E-state index is 0. The maximum atomic E-state index is 11.6. The first-order chi connectivity index (χ1) is 8.36. The summed E-state index contributed by atoms with van der Waals surface area (Å²) in [6.45, 7) is 3.09. The Labute approximate surface area is 114 Å². The Balaban J connectivity index is 0.00000162. The van der Waals surface area contributed by atoms with E-state index >= 15 is 0 Å². The number of carbonyl (C=O) groups excluding carboxylic acids is 1. The third kappa shape index (κ3) is 4.80. The molecule has 1 aliphatic rings. The molecule has 2 rings (SSSR count). The molecule has 1 aromatic heterocycles. The number of Topliss-reactive ketones (excluding diaryl/α,β-unsaturated/α-hetero) is 1. The lowest BCUT2D eigenvalue weighted by Gasteiger charge is -2.22. The number of hydrogen-bond acceptors (Lipinski definition) is 3. The summed E-state index contributed by atoms with van der Waals surface area (Å²) in [4.78, 5) is 14.5. The Morgan fingerprint density at radius 1 is 1.50 bits per heavy atom. The van der Waals surface area contributed by atoms with Crippen molar-refractivity contribution in [2.45, 2.75) is 19.3 Å². The van der Waals surface area contributed by atoms with Gasteiger partial charge in [-0.3, -0.25) is 4.79 Å². The number of H-pyrrole nitrogens is 1. The summed E-state index contributed by atoms with van der Waals surface area (Å²) in [5.74, 6) is 0.737. The Bertz CT molecular complexity index is 335. The number of ketones is 1. The molecule has 1 unspecified atom stereocenters. The molecule has 1 aromatic rings. The maximum Gasteiger partial charge on any atom is 0.204 e. The molecule has 1 aliphatic heterocycles. The van der Waals surface area contributed by atoms with Crippen LogP contribution >= 0.6 is 12.4 Å². The van der Waals surface area contributed by atoms with E-state index in [9.17, 15) is 4.79 Å². The molecule has 1 fully saturated rings. The summed E-state index contributed by atoms with van der Waals surface area (Å²) in [5, 5.41) is 3.38. The zero-order chi connectivity index (χ0) is 11.9. The third-order valence-corrected chi connectivity index (χ3v) is 3.20. The van der Waals surface area contributed by atoms with Crippen LogP contribution in [0.4, 0.5) is 0 Å². The van der Waals surface area contributed by atoms with E-state index in [1.165, 1.54) is 12.8 Å². The van der Waals surface area contributed by atoms with Crippen LogP contribution in [0.25, 0.3) is 0 Å². The second kappa shape index (κ2) is 8.29. The van der Waals surface area contributed by atoms with Crippen LogP contribution in [-0.2, 0) is 4.74 Å². The highest BCUT2D eigenvalue weighted by Gasteiger charge is 2.13. The zero-order valence-electron chi connectivity index (χ0n) is 10.5. The van der Waals surface area contributed by atoms with Crippen LogP contribution < -0.4 is 5.32 Å². The molecule has 0 bridgehead atoms. The van der Waals surface area contributed by atoms with Gasteiger partial charge in [0.15, 0.2) is 0 Å². The molecule has 0 aromatic carbocycles. The number of hydrogen-bond donors (Lipinski definition) is 2. The van der Waals surface area contributed by atoms with Gasteiger partial charge in [-0.15, -0.1) is 12.4 Å². The summed E-state index contributed by atoms with van der Waals surface area (Å²) in [5.41, 5.74) is 0.629. The van der Waals surface area contributed by atoms with Crippen LogP contribution in [0.5, 0.6) is 0 Å². The second-order valence-corrected chi connectivity index (χ2v) is 4.56. The van der Waals surface area contributed by atoms with Gasteiger partial charge in [0.2, 0.25) is 5.78 Å². The monoisotopic (exact) mass is 272 g/mol. The predicted molar refractivity (Wildman–Crippen MR) is 73.4 cm³/mol. The van der Waals surface area contributed by atoms with E-state index in [0.29, 0.717) is 18.2 Å². The summed E-state index contributed by atoms with van der Waals surface area (Å²) >= 11 is 0. The lowest BCUT2D eigenvalue weighted by Crippen LogP contribution is -2.30. The fourth-order valence-corrected chi connectivity index (χ4v) is 2.17. The van der Waals surface area contributed by atoms with E-state index in [1.54, 1.807) is 12.3 Å². The molecule has 2 N–H and O–H groups in total. The van der Waals surface area contributed by atoms with Crippen molar-refractivity contribution in [3.63, 3.8) is 0 Å². The van der Waals surface area contributed by atoms with Crippen molar-refractivity contribution < 1.29 is 9.53 Å². The molecule has 0 spiro atoms. The lowest BCUT2D eigenvalue weighted by molar-refractivity contribution is 0.0721. The number of aromatic nitrogens is 1. The van der Waals surface area contributed by atoms with Gasteiger partial charge in [0, 0.05) is 12.8 Å². The number of carbonyl (C=O) groups is 1. The van der Waals surface area contributed by atoms with Crippen LogP contribution in [0, 0.1) is 5.92 Å². The number of nitrogens with one attached hydrogen (secondary N) is 2. The second-order valence-electron chi connectivity index (χ2n) is 4.56. The van der Waals surface area contributed by atoms with E-state index in [0.717, 1.165) is 19.5 Å². The molecule has 0 aliphatic carbocycles. The molecule has 102 valence electrons. The Hall–Kier alpha value is -0.840. The van der Waals surface area contributed by atoms with Gasteiger partial charge in [0.1, 0.15) is 6.61 Å². The third-order valence-electron chi connectivity index (χ3n) is 3.20. The van der Waals surface area contributed by atoms with Gasteiger partial charge in [-0.2, -0.15) is 0 Å². The van der Waals surface area contributed by atoms with E-state index in [1.807, 2.05) is 6.07 Å². The van der Waals surface area contributed by atoms with Crippen molar-refractivity contribution in [2.24, 2.45) is 5.92 Å². The summed E-state index contributed by atoms with van der Waals surface area (Å²) in [7, 11) is 0. The normalized spacial score (nSPS) is 19.2. The molecule has 1 saturated heterocycles. The van der Waals surface area contributed by atoms with Crippen LogP contribution in [0.2, 0.25) is 0 Å². The van der Waals surface area contributed by atoms with Crippen molar-refractivity contribution in [1.82, 2.24) is 10.3 Å². The van der Waals surface area contributed by atoms with Crippen molar-refractivity contribution in [1.29, 1.82) is 0 Å². The van der Waals surface area contributed by atoms with E-state index in [2.05, 4.69) is 10.3 Å². The average Bonchev–Trinajstić information content (AvgIpc) is 2.89. The molecule has 18 heavy (non-hydrogen) atoms. The minimum Gasteiger partial charge on any atom is -0.373 e. The van der Waals surface area contributed by atoms with Crippen LogP contribution in [0.3, 0.4) is 0 Å². The quantitative estimate of drug-likeness (QED) is 0.615. The van der Waals surface area contributed by atoms with E-state index < -0.39 is 0 Å². The van der Waals surface area contributed by atoms with Crippen molar-refractivity contribution in [3.8, 4) is 0 Å². The summed E-state index contributed by atoms with van der Waals surface area (Å²) in [6, 6.07) is 3.59. The zero-order valence-corrected chi connectivity index (χ0v) is 11.3. The number of halogens is 1. The summed E-state index contributed by atoms with van der Waals surface area (Å²) in [6.07, 6.45) is 5.33. The highest BCUT2D eigenvalue weighted by Crippen LogP contribution is 2.13. The predicted octanol–water partition coefficient (Wildman–Crippen LogP) is 2.03. The van der Waals surface area contributed by atoms with Gasteiger partial charge in [0.05, 0.1) is 5.69 Å². The smallest absolute Gasteiger partial charge is 0.204 e. The number of rotatable bonds is 6. The van der Waals surface area contributed by atoms with Crippen LogP contribution in [-0.4, -0.2) is 37.1 Å². The van der Waals surface area contributed by atoms with Gasteiger partial charge >= 0.3 is 0 Å². The summed E-state index contributed by atoms with van der Waals surface area (Å²) < 4.78 is 5.42. The SMILES string of the molecule is Cl.O=C(COCCC1CCCNC1)c1ccc[nH]1. The first-order valence-electron chi connectivity index (χ1n) is 6.31. The Kier molecular flexibility index (Phi) is 7.01. The molecular formula is C13H21ClN2O2. The van der Waals surface area contributed by atoms with Gasteiger partial charge in [0.25, 0.3) is 0 Å². The minimum absolute atomic E-state index is 0. The van der Waals surface area contributed by atoms with Crippen molar-refractivity contribution in [3.05, 3.63) is 24.0 Å². The molecule has 2 heterocycles. The molecular weight excluding hydrogens is 252 g/mol. The van der Waals surface area contributed by atoms with Gasteiger partial charge in [-0.1, -0.05) is 0 Å². The van der Waals surface area contributed by atoms with Gasteiger partial charge in [-0.05, 0) is 50.4 Å². The number of ether oxygens (including phenoxy) is 1. The first kappa shape index (κ1) is 15.2. The standard InChI is InChI=1S/C13H20N2O2.ClH/c16-13(12-4-2-7-15-12)10-17-8-5-11-3-1-6-14-9-11;/h2,4,7,11,14-15H,1,3,5-6,8-10H2;1H. The van der Waals surface area contributed by atoms with Gasteiger partial charge < -0.3 is 15.0 Å². The maximum absolute atomic E-state index is 11.6. The molecule has 0 saturated carbocycles. The average molecular weight is 273 g/mol. The molecule has 1 atom stereocenters. The van der Waals surface area contributed by atoms with E-state index in [4.69, 9.17) is 4.74 Å². The highest BCUT2D eigenvalue weighted by atomic mass is 35.5. The van der Waals surface area contributed by atoms with Crippen LogP contribution in [0.1, 0.15) is 29.8 Å². The Morgan fingerprint density at radius 3 is 3.06 bits per heavy atom. The molecule has 5 heteroatoms. The van der Waals surface area contributed by atoms with E-state index in [-0.39, 0.29) is 24.8 Å². The Morgan fingerprint density at radius 2 is 2.39 bits per heavy atom. The fourth-order valence-electron chi connectivity index (χ4n) is 2.17. The number of aromatic amines is 1. The van der Waals surface area contributed by atoms with Crippen molar-refractivity contribution in [2.75, 3.05) is 26.3 Å². The van der Waals surface area contributed by atoms with Crippen LogP contribution in [0.15, 0.2) is 18.3 Å². The van der Waals surface area contributed by atoms with Gasteiger partial charge in [-0.25, -0.2) is 0 Å². The first-order valence-corrected chi connectivity index (χ1v) is 6.31. The molecule has 0 radical (unpaired) electrons. The molecule has 4 nitrogen and oxygen atoms in total.